The number of aromatic nitrogens is 4. The molecule has 3 N–H and O–H groups in total. The third-order valence-corrected chi connectivity index (χ3v) is 2.18. The van der Waals surface area contributed by atoms with Gasteiger partial charge in [0.05, 0.1) is 6.10 Å². The summed E-state index contributed by atoms with van der Waals surface area (Å²) >= 11 is 0. The van der Waals surface area contributed by atoms with Gasteiger partial charge in [-0.05, 0) is 0 Å². The van der Waals surface area contributed by atoms with Gasteiger partial charge in [-0.2, -0.15) is 4.98 Å². The maximum absolute atomic E-state index is 9.53. The van der Waals surface area contributed by atoms with E-state index in [-0.39, 0.29) is 6.54 Å². The molecular weight excluding hydrogens is 194 g/mol. The van der Waals surface area contributed by atoms with E-state index < -0.39 is 6.10 Å². The van der Waals surface area contributed by atoms with Crippen molar-refractivity contribution in [3.05, 3.63) is 23.8 Å². The van der Waals surface area contributed by atoms with Crippen LogP contribution in [0.5, 0.6) is 0 Å². The van der Waals surface area contributed by atoms with Crippen LogP contribution in [0.15, 0.2) is 12.4 Å². The fourth-order valence-electron chi connectivity index (χ4n) is 1.30. The molecule has 0 saturated carbocycles. The van der Waals surface area contributed by atoms with Gasteiger partial charge in [0, 0.05) is 30.9 Å². The van der Waals surface area contributed by atoms with Crippen molar-refractivity contribution in [2.24, 2.45) is 5.73 Å². The summed E-state index contributed by atoms with van der Waals surface area (Å²) in [5, 5.41) is 13.7. The number of nitrogens with zero attached hydrogens (tertiary/aromatic N) is 4. The fraction of sp³-hybridized carbons (Fsp3) is 0.444. The van der Waals surface area contributed by atoms with Gasteiger partial charge < -0.3 is 10.8 Å². The summed E-state index contributed by atoms with van der Waals surface area (Å²) in [6, 6.07) is 0. The average molecular weight is 207 g/mol. The molecule has 1 unspecified atom stereocenters. The maximum atomic E-state index is 9.53. The number of hydrogen-bond donors (Lipinski definition) is 2. The summed E-state index contributed by atoms with van der Waals surface area (Å²) in [4.78, 5) is 8.28. The molecule has 2 rings (SSSR count). The van der Waals surface area contributed by atoms with Crippen molar-refractivity contribution >= 4 is 5.78 Å². The minimum absolute atomic E-state index is 0.169. The van der Waals surface area contributed by atoms with Crippen molar-refractivity contribution in [1.29, 1.82) is 0 Å². The Hall–Kier alpha value is -1.53. The molecule has 0 radical (unpaired) electrons. The normalized spacial score (nSPS) is 13.3. The molecule has 6 nitrogen and oxygen atoms in total. The Labute approximate surface area is 86.8 Å². The highest BCUT2D eigenvalue weighted by Crippen LogP contribution is 2.10. The number of aliphatic hydroxyl groups excluding tert-OH is 1. The van der Waals surface area contributed by atoms with Crippen LogP contribution in [0.4, 0.5) is 0 Å². The molecule has 0 aromatic carbocycles. The van der Waals surface area contributed by atoms with E-state index in [9.17, 15) is 5.11 Å². The summed E-state index contributed by atoms with van der Waals surface area (Å²) < 4.78 is 1.56. The van der Waals surface area contributed by atoms with Gasteiger partial charge in [-0.15, -0.1) is 5.10 Å². The lowest BCUT2D eigenvalue weighted by Crippen LogP contribution is -2.12. The quantitative estimate of drug-likeness (QED) is 0.720. The Morgan fingerprint density at radius 3 is 3.07 bits per heavy atom. The molecule has 0 aliphatic carbocycles. The van der Waals surface area contributed by atoms with E-state index in [1.54, 1.807) is 16.9 Å². The van der Waals surface area contributed by atoms with E-state index in [1.165, 1.54) is 0 Å². The van der Waals surface area contributed by atoms with Gasteiger partial charge in [-0.1, -0.05) is 6.92 Å². The molecule has 1 atom stereocenters. The Kier molecular flexibility index (Phi) is 2.61. The first-order valence-corrected chi connectivity index (χ1v) is 4.84. The number of fused-ring (bicyclic) bond motifs is 1. The average Bonchev–Trinajstić information content (AvgIpc) is 2.69. The largest absolute Gasteiger partial charge is 0.387 e. The van der Waals surface area contributed by atoms with E-state index >= 15 is 0 Å². The number of rotatable bonds is 3. The van der Waals surface area contributed by atoms with E-state index in [0.29, 0.717) is 11.3 Å². The molecule has 6 heteroatoms. The lowest BCUT2D eigenvalue weighted by Gasteiger charge is -2.06. The molecule has 15 heavy (non-hydrogen) atoms. The zero-order chi connectivity index (χ0) is 10.8. The molecule has 2 aromatic rings. The number of nitrogens with two attached hydrogens (primary N) is 1. The van der Waals surface area contributed by atoms with Gasteiger partial charge in [-0.3, -0.25) is 0 Å². The first-order valence-electron chi connectivity index (χ1n) is 4.84. The van der Waals surface area contributed by atoms with Gasteiger partial charge in [0.15, 0.2) is 5.82 Å². The Morgan fingerprint density at radius 2 is 2.40 bits per heavy atom. The highest BCUT2D eigenvalue weighted by Gasteiger charge is 2.08. The zero-order valence-electron chi connectivity index (χ0n) is 8.46. The Morgan fingerprint density at radius 1 is 1.60 bits per heavy atom. The van der Waals surface area contributed by atoms with Crippen LogP contribution in [0, 0.1) is 0 Å². The number of hydrogen-bond acceptors (Lipinski definition) is 5. The molecule has 0 amide bonds. The molecule has 0 bridgehead atoms. The number of aryl methyl sites for hydroxylation is 1. The molecule has 0 spiro atoms. The second-order valence-corrected chi connectivity index (χ2v) is 3.26. The summed E-state index contributed by atoms with van der Waals surface area (Å²) in [5.41, 5.74) is 6.01. The minimum atomic E-state index is -0.698. The van der Waals surface area contributed by atoms with Gasteiger partial charge >= 0.3 is 0 Å². The zero-order valence-corrected chi connectivity index (χ0v) is 8.46. The summed E-state index contributed by atoms with van der Waals surface area (Å²) in [6.07, 6.45) is 3.33. The van der Waals surface area contributed by atoms with Crippen molar-refractivity contribution in [2.45, 2.75) is 19.4 Å². The van der Waals surface area contributed by atoms with Crippen LogP contribution in [0.3, 0.4) is 0 Å². The fourth-order valence-corrected chi connectivity index (χ4v) is 1.30. The molecular formula is C9H13N5O. The van der Waals surface area contributed by atoms with E-state index in [2.05, 4.69) is 15.1 Å². The monoisotopic (exact) mass is 207 g/mol. The standard InChI is InChI=1S/C9H13N5O/c1-2-8-12-9-11-4-6(7(15)3-10)5-14(9)13-8/h4-5,7,15H,2-3,10H2,1H3. The maximum Gasteiger partial charge on any atom is 0.252 e. The highest BCUT2D eigenvalue weighted by molar-refractivity contribution is 5.28. The third-order valence-electron chi connectivity index (χ3n) is 2.18. The molecule has 0 aliphatic rings. The predicted molar refractivity (Wildman–Crippen MR) is 54.2 cm³/mol. The molecule has 0 fully saturated rings. The van der Waals surface area contributed by atoms with E-state index in [1.807, 2.05) is 6.92 Å². The minimum Gasteiger partial charge on any atom is -0.387 e. The molecule has 2 heterocycles. The van der Waals surface area contributed by atoms with E-state index in [0.717, 1.165) is 12.2 Å². The first kappa shape index (κ1) is 10.0. The van der Waals surface area contributed by atoms with Crippen LogP contribution >= 0.6 is 0 Å². The lowest BCUT2D eigenvalue weighted by atomic mass is 10.2. The van der Waals surface area contributed by atoms with Crippen LogP contribution < -0.4 is 5.73 Å². The van der Waals surface area contributed by atoms with Crippen molar-refractivity contribution in [3.63, 3.8) is 0 Å². The second kappa shape index (κ2) is 3.92. The molecule has 0 saturated heterocycles. The topological polar surface area (TPSA) is 89.3 Å². The van der Waals surface area contributed by atoms with Crippen LogP contribution in [0.2, 0.25) is 0 Å². The van der Waals surface area contributed by atoms with E-state index in [4.69, 9.17) is 5.73 Å². The first-order chi connectivity index (χ1) is 7.24. The van der Waals surface area contributed by atoms with Crippen LogP contribution in [0.1, 0.15) is 24.4 Å². The Bertz CT molecular complexity index is 466. The van der Waals surface area contributed by atoms with Gasteiger partial charge in [-0.25, -0.2) is 9.50 Å². The molecule has 0 aliphatic heterocycles. The van der Waals surface area contributed by atoms with Crippen LogP contribution in [-0.4, -0.2) is 31.2 Å². The van der Waals surface area contributed by atoms with Crippen molar-refractivity contribution < 1.29 is 5.11 Å². The van der Waals surface area contributed by atoms with Crippen molar-refractivity contribution in [2.75, 3.05) is 6.54 Å². The molecule has 80 valence electrons. The number of aliphatic hydroxyl groups is 1. The highest BCUT2D eigenvalue weighted by atomic mass is 16.3. The summed E-state index contributed by atoms with van der Waals surface area (Å²) in [7, 11) is 0. The van der Waals surface area contributed by atoms with Crippen LogP contribution in [-0.2, 0) is 6.42 Å². The summed E-state index contributed by atoms with van der Waals surface area (Å²) in [6.45, 7) is 2.15. The predicted octanol–water partition coefficient (Wildman–Crippen LogP) is -0.321. The Balaban J connectivity index is 2.45. The lowest BCUT2D eigenvalue weighted by molar-refractivity contribution is 0.185. The summed E-state index contributed by atoms with van der Waals surface area (Å²) in [5.74, 6) is 1.28. The smallest absolute Gasteiger partial charge is 0.252 e. The van der Waals surface area contributed by atoms with Crippen molar-refractivity contribution in [3.8, 4) is 0 Å². The third kappa shape index (κ3) is 1.81. The second-order valence-electron chi connectivity index (χ2n) is 3.26. The molecule has 2 aromatic heterocycles. The van der Waals surface area contributed by atoms with Gasteiger partial charge in [0.25, 0.3) is 5.78 Å². The van der Waals surface area contributed by atoms with Gasteiger partial charge in [0.2, 0.25) is 0 Å². The SMILES string of the molecule is CCc1nc2ncc(C(O)CN)cn2n1. The van der Waals surface area contributed by atoms with Crippen LogP contribution in [0.25, 0.3) is 5.78 Å². The van der Waals surface area contributed by atoms with Gasteiger partial charge in [0.1, 0.15) is 0 Å². The van der Waals surface area contributed by atoms with Crippen molar-refractivity contribution in [1.82, 2.24) is 19.6 Å².